The van der Waals surface area contributed by atoms with E-state index in [2.05, 4.69) is 20.5 Å². The van der Waals surface area contributed by atoms with Crippen LogP contribution in [0.15, 0.2) is 28.7 Å². The molecule has 0 radical (unpaired) electrons. The summed E-state index contributed by atoms with van der Waals surface area (Å²) in [5.41, 5.74) is 5.14. The van der Waals surface area contributed by atoms with Gasteiger partial charge in [0.1, 0.15) is 0 Å². The van der Waals surface area contributed by atoms with E-state index in [-0.39, 0.29) is 5.78 Å². The van der Waals surface area contributed by atoms with Gasteiger partial charge in [0.25, 0.3) is 0 Å². The molecule has 0 saturated heterocycles. The molecule has 0 bridgehead atoms. The van der Waals surface area contributed by atoms with E-state index in [0.29, 0.717) is 0 Å². The van der Waals surface area contributed by atoms with Crippen molar-refractivity contribution in [1.29, 1.82) is 0 Å². The summed E-state index contributed by atoms with van der Waals surface area (Å²) in [4.78, 5) is 12.7. The van der Waals surface area contributed by atoms with E-state index in [0.717, 1.165) is 40.7 Å². The smallest absolute Gasteiger partial charge is 0.209 e. The Hall–Kier alpha value is -1.35. The first-order chi connectivity index (χ1) is 9.09. The van der Waals surface area contributed by atoms with Gasteiger partial charge in [0, 0.05) is 22.3 Å². The first-order valence-corrected chi connectivity index (χ1v) is 7.37. The number of fused-ring (bicyclic) bond motifs is 1. The number of rotatable bonds is 2. The molecule has 0 saturated carbocycles. The van der Waals surface area contributed by atoms with Crippen molar-refractivity contribution in [3.05, 3.63) is 56.8 Å². The summed E-state index contributed by atoms with van der Waals surface area (Å²) in [7, 11) is 0. The van der Waals surface area contributed by atoms with Gasteiger partial charge in [-0.05, 0) is 48.2 Å². The third-order valence-corrected chi connectivity index (χ3v) is 4.91. The summed E-state index contributed by atoms with van der Waals surface area (Å²) < 4.78 is 3.29. The molecule has 98 valence electrons. The van der Waals surface area contributed by atoms with Crippen LogP contribution in [0, 0.1) is 13.8 Å². The number of carbonyl (C=O) groups is 1. The molecule has 0 amide bonds. The highest BCUT2D eigenvalue weighted by atomic mass is 79.9. The summed E-state index contributed by atoms with van der Waals surface area (Å²) in [6, 6.07) is 7.82. The molecule has 0 N–H and O–H groups in total. The lowest BCUT2D eigenvalue weighted by Gasteiger charge is -2.07. The minimum atomic E-state index is 0.131. The Labute approximate surface area is 121 Å². The van der Waals surface area contributed by atoms with Gasteiger partial charge >= 0.3 is 0 Å². The SMILES string of the molecule is Cc1ccc(C(=O)c2c(C)c(Br)c3n2CCC3)cc1. The maximum atomic E-state index is 12.7. The van der Waals surface area contributed by atoms with Crippen LogP contribution < -0.4 is 0 Å². The summed E-state index contributed by atoms with van der Waals surface area (Å²) in [5.74, 6) is 0.131. The second-order valence-corrected chi connectivity index (χ2v) is 5.98. The predicted octanol–water partition coefficient (Wildman–Crippen LogP) is 4.04. The first kappa shape index (κ1) is 12.7. The Kier molecular flexibility index (Phi) is 3.09. The van der Waals surface area contributed by atoms with Gasteiger partial charge in [0.05, 0.1) is 5.69 Å². The van der Waals surface area contributed by atoms with E-state index in [4.69, 9.17) is 0 Å². The van der Waals surface area contributed by atoms with E-state index in [9.17, 15) is 4.79 Å². The number of nitrogens with zero attached hydrogens (tertiary/aromatic N) is 1. The lowest BCUT2D eigenvalue weighted by molar-refractivity contribution is 0.103. The predicted molar refractivity (Wildman–Crippen MR) is 79.8 cm³/mol. The third-order valence-electron chi connectivity index (χ3n) is 3.86. The van der Waals surface area contributed by atoms with Gasteiger partial charge in [-0.2, -0.15) is 0 Å². The van der Waals surface area contributed by atoms with Gasteiger partial charge in [0.2, 0.25) is 5.78 Å². The zero-order chi connectivity index (χ0) is 13.6. The Morgan fingerprint density at radius 1 is 1.21 bits per heavy atom. The molecule has 2 nitrogen and oxygen atoms in total. The number of aryl methyl sites for hydroxylation is 1. The summed E-state index contributed by atoms with van der Waals surface area (Å²) in [5, 5.41) is 0. The zero-order valence-corrected chi connectivity index (χ0v) is 12.8. The fourth-order valence-electron chi connectivity index (χ4n) is 2.81. The van der Waals surface area contributed by atoms with Crippen LogP contribution in [0.25, 0.3) is 0 Å². The molecule has 0 atom stereocenters. The average Bonchev–Trinajstić information content (AvgIpc) is 2.95. The minimum Gasteiger partial charge on any atom is -0.341 e. The molecule has 0 aliphatic carbocycles. The van der Waals surface area contributed by atoms with Crippen LogP contribution >= 0.6 is 15.9 Å². The van der Waals surface area contributed by atoms with Crippen LogP contribution in [-0.4, -0.2) is 10.4 Å². The quantitative estimate of drug-likeness (QED) is 0.766. The Morgan fingerprint density at radius 3 is 2.58 bits per heavy atom. The Bertz CT molecular complexity index is 652. The molecule has 0 unspecified atom stereocenters. The molecule has 3 heteroatoms. The van der Waals surface area contributed by atoms with Crippen LogP contribution in [0.5, 0.6) is 0 Å². The lowest BCUT2D eigenvalue weighted by Crippen LogP contribution is -2.10. The second-order valence-electron chi connectivity index (χ2n) is 5.18. The van der Waals surface area contributed by atoms with Gasteiger partial charge < -0.3 is 4.57 Å². The van der Waals surface area contributed by atoms with Crippen LogP contribution in [-0.2, 0) is 13.0 Å². The average molecular weight is 318 g/mol. The van der Waals surface area contributed by atoms with Crippen molar-refractivity contribution in [1.82, 2.24) is 4.57 Å². The Morgan fingerprint density at radius 2 is 1.89 bits per heavy atom. The number of carbonyl (C=O) groups excluding carboxylic acids is 1. The van der Waals surface area contributed by atoms with Crippen molar-refractivity contribution < 1.29 is 4.79 Å². The van der Waals surface area contributed by atoms with Crippen molar-refractivity contribution in [2.24, 2.45) is 0 Å². The largest absolute Gasteiger partial charge is 0.341 e. The van der Waals surface area contributed by atoms with Gasteiger partial charge in [0.15, 0.2) is 0 Å². The molecule has 0 fully saturated rings. The van der Waals surface area contributed by atoms with Crippen LogP contribution in [0.2, 0.25) is 0 Å². The fraction of sp³-hybridized carbons (Fsp3) is 0.312. The molecule has 1 aliphatic heterocycles. The molecule has 3 rings (SSSR count). The standard InChI is InChI=1S/C16H16BrNO/c1-10-5-7-12(8-6-10)16(19)15-11(2)14(17)13-4-3-9-18(13)15/h5-8H,3-4,9H2,1-2H3. The van der Waals surface area contributed by atoms with E-state index >= 15 is 0 Å². The van der Waals surface area contributed by atoms with Gasteiger partial charge in [-0.3, -0.25) is 4.79 Å². The summed E-state index contributed by atoms with van der Waals surface area (Å²) in [6.45, 7) is 5.01. The molecule has 2 aromatic rings. The van der Waals surface area contributed by atoms with Crippen molar-refractivity contribution in [2.45, 2.75) is 33.2 Å². The number of ketones is 1. The molecular formula is C16H16BrNO. The number of hydrogen-bond donors (Lipinski definition) is 0. The number of halogens is 1. The van der Waals surface area contributed by atoms with Crippen LogP contribution in [0.4, 0.5) is 0 Å². The molecule has 1 aromatic heterocycles. The highest BCUT2D eigenvalue weighted by molar-refractivity contribution is 9.10. The van der Waals surface area contributed by atoms with Crippen molar-refractivity contribution in [3.8, 4) is 0 Å². The van der Waals surface area contributed by atoms with E-state index in [1.165, 1.54) is 11.3 Å². The first-order valence-electron chi connectivity index (χ1n) is 6.58. The van der Waals surface area contributed by atoms with E-state index in [1.54, 1.807) is 0 Å². The highest BCUT2D eigenvalue weighted by Gasteiger charge is 2.26. The number of aromatic nitrogens is 1. The van der Waals surface area contributed by atoms with Gasteiger partial charge in [-0.25, -0.2) is 0 Å². The summed E-state index contributed by atoms with van der Waals surface area (Å²) >= 11 is 3.63. The van der Waals surface area contributed by atoms with Crippen molar-refractivity contribution in [3.63, 3.8) is 0 Å². The molecule has 2 heterocycles. The van der Waals surface area contributed by atoms with Crippen LogP contribution in [0.3, 0.4) is 0 Å². The number of benzene rings is 1. The Balaban J connectivity index is 2.10. The number of hydrogen-bond acceptors (Lipinski definition) is 1. The second kappa shape index (κ2) is 4.64. The molecule has 0 spiro atoms. The molecule has 1 aliphatic rings. The topological polar surface area (TPSA) is 22.0 Å². The zero-order valence-electron chi connectivity index (χ0n) is 11.2. The maximum Gasteiger partial charge on any atom is 0.209 e. The van der Waals surface area contributed by atoms with E-state index < -0.39 is 0 Å². The lowest BCUT2D eigenvalue weighted by atomic mass is 10.0. The van der Waals surface area contributed by atoms with Crippen molar-refractivity contribution in [2.75, 3.05) is 0 Å². The van der Waals surface area contributed by atoms with E-state index in [1.807, 2.05) is 38.1 Å². The van der Waals surface area contributed by atoms with Crippen molar-refractivity contribution >= 4 is 21.7 Å². The fourth-order valence-corrected chi connectivity index (χ4v) is 3.41. The van der Waals surface area contributed by atoms with Gasteiger partial charge in [-0.1, -0.05) is 29.8 Å². The molecule has 1 aromatic carbocycles. The highest BCUT2D eigenvalue weighted by Crippen LogP contribution is 2.34. The third kappa shape index (κ3) is 1.96. The normalized spacial score (nSPS) is 13.6. The summed E-state index contributed by atoms with van der Waals surface area (Å²) in [6.07, 6.45) is 2.19. The minimum absolute atomic E-state index is 0.131. The maximum absolute atomic E-state index is 12.7. The van der Waals surface area contributed by atoms with Gasteiger partial charge in [-0.15, -0.1) is 0 Å². The molecular weight excluding hydrogens is 302 g/mol. The van der Waals surface area contributed by atoms with Crippen LogP contribution in [0.1, 0.15) is 39.3 Å². The molecule has 19 heavy (non-hydrogen) atoms. The monoisotopic (exact) mass is 317 g/mol.